The minimum Gasteiger partial charge on any atom is -0.495 e. The highest BCUT2D eigenvalue weighted by Gasteiger charge is 2.16. The number of benzene rings is 1. The van der Waals surface area contributed by atoms with Gasteiger partial charge in [0.2, 0.25) is 0 Å². The summed E-state index contributed by atoms with van der Waals surface area (Å²) in [6, 6.07) is 5.84. The third-order valence-corrected chi connectivity index (χ3v) is 3.37. The lowest BCUT2D eigenvalue weighted by atomic mass is 9.90. The van der Waals surface area contributed by atoms with Gasteiger partial charge in [-0.2, -0.15) is 5.26 Å². The summed E-state index contributed by atoms with van der Waals surface area (Å²) < 4.78 is 10.5. The Kier molecular flexibility index (Phi) is 5.97. The topological polar surface area (TPSA) is 54.3 Å². The van der Waals surface area contributed by atoms with E-state index in [2.05, 4.69) is 11.4 Å². The number of anilines is 1. The number of methoxy groups -OCH3 is 2. The third-order valence-electron chi connectivity index (χ3n) is 3.07. The maximum atomic E-state index is 8.97. The van der Waals surface area contributed by atoms with Crippen molar-refractivity contribution >= 4 is 17.3 Å². The molecule has 4 nitrogen and oxygen atoms in total. The van der Waals surface area contributed by atoms with E-state index in [4.69, 9.17) is 26.3 Å². The molecule has 0 saturated carbocycles. The molecule has 0 aliphatic carbocycles. The van der Waals surface area contributed by atoms with Gasteiger partial charge in [0.15, 0.2) is 0 Å². The van der Waals surface area contributed by atoms with Gasteiger partial charge in [0.05, 0.1) is 36.4 Å². The summed E-state index contributed by atoms with van der Waals surface area (Å²) in [5.74, 6) is 1.28. The highest BCUT2D eigenvalue weighted by atomic mass is 35.5. The number of rotatable bonds is 7. The summed E-state index contributed by atoms with van der Waals surface area (Å²) in [5, 5.41) is 12.8. The minimum atomic E-state index is -0.288. The lowest BCUT2D eigenvalue weighted by molar-refractivity contribution is 0.404. The van der Waals surface area contributed by atoms with Crippen LogP contribution in [0.2, 0.25) is 5.02 Å². The van der Waals surface area contributed by atoms with Crippen molar-refractivity contribution in [1.29, 1.82) is 5.26 Å². The fourth-order valence-electron chi connectivity index (χ4n) is 1.81. The van der Waals surface area contributed by atoms with E-state index >= 15 is 0 Å². The molecule has 0 saturated heterocycles. The normalized spacial score (nSPS) is 10.8. The Labute approximate surface area is 125 Å². The van der Waals surface area contributed by atoms with Crippen molar-refractivity contribution in [3.63, 3.8) is 0 Å². The second kappa shape index (κ2) is 7.25. The number of halogens is 1. The van der Waals surface area contributed by atoms with Crippen LogP contribution in [0.5, 0.6) is 11.5 Å². The molecule has 0 aliphatic heterocycles. The predicted molar refractivity (Wildman–Crippen MR) is 81.7 cm³/mol. The smallest absolute Gasteiger partial charge is 0.143 e. The number of ether oxygens (including phenoxy) is 2. The minimum absolute atomic E-state index is 0.288. The lowest BCUT2D eigenvalue weighted by Crippen LogP contribution is -2.11. The van der Waals surface area contributed by atoms with E-state index in [1.54, 1.807) is 20.3 Å². The van der Waals surface area contributed by atoms with Crippen molar-refractivity contribution in [2.45, 2.75) is 26.7 Å². The van der Waals surface area contributed by atoms with Crippen molar-refractivity contribution in [3.05, 3.63) is 17.2 Å². The third kappa shape index (κ3) is 4.50. The summed E-state index contributed by atoms with van der Waals surface area (Å²) in [6.07, 6.45) is 1.73. The van der Waals surface area contributed by atoms with Crippen LogP contribution in [0, 0.1) is 16.7 Å². The molecular formula is C15H21ClN2O2. The summed E-state index contributed by atoms with van der Waals surface area (Å²) in [5.41, 5.74) is 0.548. The molecule has 110 valence electrons. The van der Waals surface area contributed by atoms with Crippen LogP contribution in [0.3, 0.4) is 0 Å². The first-order valence-corrected chi connectivity index (χ1v) is 6.88. The summed E-state index contributed by atoms with van der Waals surface area (Å²) in [6.45, 7) is 4.64. The fraction of sp³-hybridized carbons (Fsp3) is 0.533. The standard InChI is InChI=1S/C15H21ClN2O2/c1-15(2,10-17)6-5-7-18-12-9-13(19-3)11(16)8-14(12)20-4/h8-9,18H,5-7H2,1-4H3. The van der Waals surface area contributed by atoms with Crippen LogP contribution in [0.15, 0.2) is 12.1 Å². The molecule has 0 bridgehead atoms. The van der Waals surface area contributed by atoms with Gasteiger partial charge >= 0.3 is 0 Å². The van der Waals surface area contributed by atoms with Crippen LogP contribution in [0.4, 0.5) is 5.69 Å². The Balaban J connectivity index is 2.66. The van der Waals surface area contributed by atoms with Gasteiger partial charge in [0.25, 0.3) is 0 Å². The van der Waals surface area contributed by atoms with Gasteiger partial charge in [0.1, 0.15) is 11.5 Å². The first-order chi connectivity index (χ1) is 9.43. The van der Waals surface area contributed by atoms with Crippen LogP contribution < -0.4 is 14.8 Å². The van der Waals surface area contributed by atoms with E-state index in [-0.39, 0.29) is 5.41 Å². The molecule has 0 radical (unpaired) electrons. The average Bonchev–Trinajstić information content (AvgIpc) is 2.44. The molecule has 0 aromatic heterocycles. The number of hydrogen-bond acceptors (Lipinski definition) is 4. The molecule has 1 rings (SSSR count). The van der Waals surface area contributed by atoms with Crippen molar-refractivity contribution in [3.8, 4) is 17.6 Å². The van der Waals surface area contributed by atoms with E-state index in [0.29, 0.717) is 16.5 Å². The first-order valence-electron chi connectivity index (χ1n) is 6.50. The Morgan fingerprint density at radius 1 is 1.25 bits per heavy atom. The van der Waals surface area contributed by atoms with E-state index in [0.717, 1.165) is 25.1 Å². The molecule has 1 N–H and O–H groups in total. The van der Waals surface area contributed by atoms with Crippen LogP contribution in [-0.2, 0) is 0 Å². The number of nitrogens with one attached hydrogen (secondary N) is 1. The van der Waals surface area contributed by atoms with E-state index in [9.17, 15) is 0 Å². The second-order valence-electron chi connectivity index (χ2n) is 5.21. The molecule has 1 aromatic carbocycles. The van der Waals surface area contributed by atoms with E-state index < -0.39 is 0 Å². The van der Waals surface area contributed by atoms with Crippen molar-refractivity contribution in [1.82, 2.24) is 0 Å². The zero-order chi connectivity index (χ0) is 15.2. The molecule has 1 aromatic rings. The summed E-state index contributed by atoms with van der Waals surface area (Å²) >= 11 is 6.05. The zero-order valence-corrected chi connectivity index (χ0v) is 13.2. The van der Waals surface area contributed by atoms with Crippen molar-refractivity contribution in [2.24, 2.45) is 5.41 Å². The Morgan fingerprint density at radius 3 is 2.45 bits per heavy atom. The molecule has 0 fully saturated rings. The molecular weight excluding hydrogens is 276 g/mol. The van der Waals surface area contributed by atoms with Crippen molar-refractivity contribution in [2.75, 3.05) is 26.1 Å². The molecule has 0 amide bonds. The first kappa shape index (κ1) is 16.5. The molecule has 0 heterocycles. The Morgan fingerprint density at radius 2 is 1.90 bits per heavy atom. The van der Waals surface area contributed by atoms with Gasteiger partial charge in [-0.25, -0.2) is 0 Å². The maximum Gasteiger partial charge on any atom is 0.143 e. The maximum absolute atomic E-state index is 8.97. The van der Waals surface area contributed by atoms with Crippen LogP contribution >= 0.6 is 11.6 Å². The molecule has 20 heavy (non-hydrogen) atoms. The van der Waals surface area contributed by atoms with Gasteiger partial charge in [-0.3, -0.25) is 0 Å². The lowest BCUT2D eigenvalue weighted by Gasteiger charge is -2.17. The monoisotopic (exact) mass is 296 g/mol. The molecule has 0 atom stereocenters. The SMILES string of the molecule is COc1cc(NCCCC(C)(C)C#N)c(OC)cc1Cl. The zero-order valence-electron chi connectivity index (χ0n) is 12.4. The van der Waals surface area contributed by atoms with Gasteiger partial charge in [-0.15, -0.1) is 0 Å². The van der Waals surface area contributed by atoms with Gasteiger partial charge in [-0.05, 0) is 26.7 Å². The molecule has 5 heteroatoms. The number of nitriles is 1. The molecule has 0 spiro atoms. The van der Waals surface area contributed by atoms with Crippen LogP contribution in [-0.4, -0.2) is 20.8 Å². The number of nitrogens with zero attached hydrogens (tertiary/aromatic N) is 1. The van der Waals surface area contributed by atoms with Gasteiger partial charge in [0, 0.05) is 18.7 Å². The molecule has 0 unspecified atom stereocenters. The summed E-state index contributed by atoms with van der Waals surface area (Å²) in [4.78, 5) is 0. The molecule has 0 aliphatic rings. The van der Waals surface area contributed by atoms with Gasteiger partial charge in [-0.1, -0.05) is 11.6 Å². The highest BCUT2D eigenvalue weighted by Crippen LogP contribution is 2.35. The van der Waals surface area contributed by atoms with Gasteiger partial charge < -0.3 is 14.8 Å². The second-order valence-corrected chi connectivity index (χ2v) is 5.62. The number of hydrogen-bond donors (Lipinski definition) is 1. The van der Waals surface area contributed by atoms with Crippen LogP contribution in [0.1, 0.15) is 26.7 Å². The largest absolute Gasteiger partial charge is 0.495 e. The quantitative estimate of drug-likeness (QED) is 0.770. The Bertz CT molecular complexity index is 495. The highest BCUT2D eigenvalue weighted by molar-refractivity contribution is 6.32. The van der Waals surface area contributed by atoms with E-state index in [1.165, 1.54) is 0 Å². The van der Waals surface area contributed by atoms with Crippen LogP contribution in [0.25, 0.3) is 0 Å². The van der Waals surface area contributed by atoms with Crippen molar-refractivity contribution < 1.29 is 9.47 Å². The van der Waals surface area contributed by atoms with E-state index in [1.807, 2.05) is 19.9 Å². The Hall–Kier alpha value is -1.60. The predicted octanol–water partition coefficient (Wildman–Crippen LogP) is 4.10. The fourth-order valence-corrected chi connectivity index (χ4v) is 2.04. The average molecular weight is 297 g/mol. The summed E-state index contributed by atoms with van der Waals surface area (Å²) in [7, 11) is 3.18.